The van der Waals surface area contributed by atoms with Crippen molar-refractivity contribution in [2.24, 2.45) is 5.92 Å². The summed E-state index contributed by atoms with van der Waals surface area (Å²) < 4.78 is 6.07. The molecule has 0 aliphatic heterocycles. The molecule has 4 heteroatoms. The first-order valence-corrected chi connectivity index (χ1v) is 17.8. The Morgan fingerprint density at radius 1 is 0.826 bits per heavy atom. The maximum absolute atomic E-state index is 12.9. The average Bonchev–Trinajstić information content (AvgIpc) is 3.06. The van der Waals surface area contributed by atoms with Crippen molar-refractivity contribution in [1.82, 2.24) is 0 Å². The molecule has 1 saturated carbocycles. The van der Waals surface area contributed by atoms with Crippen molar-refractivity contribution in [3.63, 3.8) is 0 Å². The molecule has 1 fully saturated rings. The monoisotopic (exact) mass is 624 g/mol. The van der Waals surface area contributed by atoms with Crippen molar-refractivity contribution in [3.05, 3.63) is 89.0 Å². The summed E-state index contributed by atoms with van der Waals surface area (Å²) >= 11 is 0. The summed E-state index contributed by atoms with van der Waals surface area (Å²) in [5.41, 5.74) is 9.53. The highest BCUT2D eigenvalue weighted by atomic mass is 16.5. The van der Waals surface area contributed by atoms with Gasteiger partial charge in [0.2, 0.25) is 0 Å². The Morgan fingerprint density at radius 2 is 1.61 bits per heavy atom. The van der Waals surface area contributed by atoms with Crippen LogP contribution in [0.5, 0.6) is 5.75 Å². The van der Waals surface area contributed by atoms with Crippen molar-refractivity contribution in [2.45, 2.75) is 117 Å². The van der Waals surface area contributed by atoms with E-state index >= 15 is 0 Å². The van der Waals surface area contributed by atoms with E-state index in [1.54, 1.807) is 6.92 Å². The minimum atomic E-state index is -0.422. The summed E-state index contributed by atoms with van der Waals surface area (Å²) in [5.74, 6) is 1.68. The van der Waals surface area contributed by atoms with Gasteiger partial charge in [0.25, 0.3) is 0 Å². The van der Waals surface area contributed by atoms with Crippen LogP contribution in [-0.2, 0) is 17.6 Å². The fourth-order valence-corrected chi connectivity index (χ4v) is 7.09. The summed E-state index contributed by atoms with van der Waals surface area (Å²) in [7, 11) is 0. The summed E-state index contributed by atoms with van der Waals surface area (Å²) in [4.78, 5) is 12.9. The molecule has 46 heavy (non-hydrogen) atoms. The first kappa shape index (κ1) is 35.6. The molecule has 248 valence electrons. The Morgan fingerprint density at radius 3 is 2.30 bits per heavy atom. The highest BCUT2D eigenvalue weighted by molar-refractivity contribution is 5.90. The first-order chi connectivity index (χ1) is 22.3. The summed E-state index contributed by atoms with van der Waals surface area (Å²) in [5, 5.41) is 18.8. The molecule has 0 saturated heterocycles. The number of esters is 1. The minimum absolute atomic E-state index is 0.159. The van der Waals surface area contributed by atoms with Crippen LogP contribution in [0.2, 0.25) is 0 Å². The smallest absolute Gasteiger partial charge is 0.338 e. The van der Waals surface area contributed by atoms with E-state index in [2.05, 4.69) is 69.0 Å². The van der Waals surface area contributed by atoms with E-state index in [-0.39, 0.29) is 13.2 Å². The highest BCUT2D eigenvalue weighted by Gasteiger charge is 2.23. The lowest BCUT2D eigenvalue weighted by Crippen LogP contribution is -2.13. The molecule has 0 heterocycles. The number of unbranched alkanes of at least 4 members (excludes halogenated alkanes) is 4. The predicted octanol–water partition coefficient (Wildman–Crippen LogP) is 10.3. The van der Waals surface area contributed by atoms with Crippen molar-refractivity contribution >= 4 is 5.97 Å². The van der Waals surface area contributed by atoms with Gasteiger partial charge >= 0.3 is 5.97 Å². The molecule has 0 aromatic heterocycles. The predicted molar refractivity (Wildman–Crippen MR) is 191 cm³/mol. The van der Waals surface area contributed by atoms with E-state index in [0.29, 0.717) is 23.7 Å². The third-order valence-corrected chi connectivity index (χ3v) is 9.80. The fourth-order valence-electron chi connectivity index (χ4n) is 7.09. The lowest BCUT2D eigenvalue weighted by molar-refractivity contribution is -0.130. The third kappa shape index (κ3) is 9.89. The SMILES string of the molecule is C=C(C)C(=O)Oc1cc(-c2ccc(C3CCC(CCCCC)CC3)cc2C)cc(-c2cccc(CCCO)c2)c1CCCCCO. The number of hydrogen-bond donors (Lipinski definition) is 2. The second-order valence-electron chi connectivity index (χ2n) is 13.5. The van der Waals surface area contributed by atoms with E-state index in [4.69, 9.17) is 4.74 Å². The molecule has 4 rings (SSSR count). The van der Waals surface area contributed by atoms with E-state index in [1.165, 1.54) is 68.1 Å². The number of aryl methyl sites for hydroxylation is 2. The highest BCUT2D eigenvalue weighted by Crippen LogP contribution is 2.42. The molecule has 2 N–H and O–H groups in total. The van der Waals surface area contributed by atoms with Gasteiger partial charge in [0.05, 0.1) is 0 Å². The van der Waals surface area contributed by atoms with E-state index < -0.39 is 5.97 Å². The number of aliphatic hydroxyl groups is 2. The number of hydrogen-bond acceptors (Lipinski definition) is 4. The Bertz CT molecular complexity index is 1430. The average molecular weight is 625 g/mol. The Kier molecular flexibility index (Phi) is 14.1. The van der Waals surface area contributed by atoms with Gasteiger partial charge in [0.15, 0.2) is 0 Å². The van der Waals surface area contributed by atoms with Crippen LogP contribution < -0.4 is 4.74 Å². The zero-order valence-electron chi connectivity index (χ0n) is 28.6. The van der Waals surface area contributed by atoms with Crippen LogP contribution in [0.4, 0.5) is 0 Å². The van der Waals surface area contributed by atoms with Gasteiger partial charge in [-0.1, -0.05) is 88.1 Å². The number of aliphatic hydroxyl groups excluding tert-OH is 2. The number of carbonyl (C=O) groups is 1. The standard InChI is InChI=1S/C42H56O4/c1-5-6-8-13-32-18-20-34(21-19-32)35-22-23-38(31(4)26-35)37-28-40(36-16-11-14-33(27-36)15-12-25-44)39(17-9-7-10-24-43)41(29-37)46-42(45)30(2)3/h11,14,16,22-23,26-29,32,34,43-44H,2,5-10,12-13,15,17-21,24-25H2,1,3-4H3. The first-order valence-electron chi connectivity index (χ1n) is 17.8. The van der Waals surface area contributed by atoms with Crippen LogP contribution in [0, 0.1) is 12.8 Å². The molecule has 4 nitrogen and oxygen atoms in total. The molecular weight excluding hydrogens is 568 g/mol. The Hall–Kier alpha value is -3.21. The van der Waals surface area contributed by atoms with Gasteiger partial charge in [-0.15, -0.1) is 0 Å². The molecule has 0 amide bonds. The number of carbonyl (C=O) groups excluding carboxylic acids is 1. The normalized spacial score (nSPS) is 16.4. The van der Waals surface area contributed by atoms with Crippen molar-refractivity contribution in [1.29, 1.82) is 0 Å². The van der Waals surface area contributed by atoms with E-state index in [1.807, 2.05) is 6.07 Å². The van der Waals surface area contributed by atoms with Gasteiger partial charge in [-0.3, -0.25) is 0 Å². The topological polar surface area (TPSA) is 66.8 Å². The lowest BCUT2D eigenvalue weighted by Gasteiger charge is -2.29. The summed E-state index contributed by atoms with van der Waals surface area (Å²) in [6, 6.07) is 19.8. The number of rotatable bonds is 17. The Labute approximate surface area is 277 Å². The van der Waals surface area contributed by atoms with Gasteiger partial charge in [-0.05, 0) is 135 Å². The lowest BCUT2D eigenvalue weighted by atomic mass is 9.76. The van der Waals surface area contributed by atoms with Crippen LogP contribution in [0.25, 0.3) is 22.3 Å². The Balaban J connectivity index is 1.71. The fraction of sp³-hybridized carbons (Fsp3) is 0.500. The van der Waals surface area contributed by atoms with Gasteiger partial charge < -0.3 is 14.9 Å². The molecule has 3 aromatic carbocycles. The molecule has 0 spiro atoms. The molecule has 0 unspecified atom stereocenters. The molecule has 0 atom stereocenters. The van der Waals surface area contributed by atoms with Crippen LogP contribution >= 0.6 is 0 Å². The van der Waals surface area contributed by atoms with Crippen molar-refractivity contribution < 1.29 is 19.7 Å². The van der Waals surface area contributed by atoms with Gasteiger partial charge in [0, 0.05) is 24.4 Å². The number of ether oxygens (including phenoxy) is 1. The van der Waals surface area contributed by atoms with E-state index in [0.717, 1.165) is 65.8 Å². The van der Waals surface area contributed by atoms with Gasteiger partial charge in [-0.25, -0.2) is 4.79 Å². The summed E-state index contributed by atoms with van der Waals surface area (Å²) in [6.45, 7) is 10.3. The second-order valence-corrected chi connectivity index (χ2v) is 13.5. The minimum Gasteiger partial charge on any atom is -0.423 e. The maximum atomic E-state index is 12.9. The quantitative estimate of drug-likeness (QED) is 0.0679. The largest absolute Gasteiger partial charge is 0.423 e. The second kappa shape index (κ2) is 18.2. The number of benzene rings is 3. The molecule has 3 aromatic rings. The maximum Gasteiger partial charge on any atom is 0.338 e. The van der Waals surface area contributed by atoms with Gasteiger partial charge in [0.1, 0.15) is 5.75 Å². The zero-order chi connectivity index (χ0) is 32.9. The molecule has 0 radical (unpaired) electrons. The van der Waals surface area contributed by atoms with Crippen molar-refractivity contribution in [2.75, 3.05) is 13.2 Å². The van der Waals surface area contributed by atoms with Crippen LogP contribution in [0.3, 0.4) is 0 Å². The zero-order valence-corrected chi connectivity index (χ0v) is 28.6. The third-order valence-electron chi connectivity index (χ3n) is 9.80. The molecule has 0 bridgehead atoms. The van der Waals surface area contributed by atoms with Crippen LogP contribution in [-0.4, -0.2) is 29.4 Å². The molecular formula is C42H56O4. The van der Waals surface area contributed by atoms with Crippen LogP contribution in [0.15, 0.2) is 66.7 Å². The summed E-state index contributed by atoms with van der Waals surface area (Å²) in [6.07, 6.45) is 15.4. The van der Waals surface area contributed by atoms with Crippen molar-refractivity contribution in [3.8, 4) is 28.0 Å². The van der Waals surface area contributed by atoms with Crippen LogP contribution in [0.1, 0.15) is 119 Å². The molecule has 1 aliphatic carbocycles. The molecule has 1 aliphatic rings. The van der Waals surface area contributed by atoms with Gasteiger partial charge in [-0.2, -0.15) is 0 Å². The van der Waals surface area contributed by atoms with E-state index in [9.17, 15) is 15.0 Å².